The van der Waals surface area contributed by atoms with Crippen molar-refractivity contribution in [2.24, 2.45) is 0 Å². The summed E-state index contributed by atoms with van der Waals surface area (Å²) >= 11 is 0. The molecule has 0 amide bonds. The molecule has 0 fully saturated rings. The molecule has 0 spiro atoms. The van der Waals surface area contributed by atoms with Gasteiger partial charge < -0.3 is 9.84 Å². The Morgan fingerprint density at radius 3 is 2.03 bits per heavy atom. The summed E-state index contributed by atoms with van der Waals surface area (Å²) in [7, 11) is 0. The van der Waals surface area contributed by atoms with E-state index in [2.05, 4.69) is 0 Å². The fourth-order valence-corrected chi connectivity index (χ4v) is 3.77. The van der Waals surface area contributed by atoms with Gasteiger partial charge in [0.05, 0.1) is 12.0 Å². The van der Waals surface area contributed by atoms with Crippen molar-refractivity contribution < 1.29 is 27.8 Å². The lowest BCUT2D eigenvalue weighted by atomic mass is 10.0. The zero-order valence-electron chi connectivity index (χ0n) is 19.2. The van der Waals surface area contributed by atoms with Gasteiger partial charge >= 0.3 is 12.1 Å². The van der Waals surface area contributed by atoms with Crippen LogP contribution in [-0.2, 0) is 17.4 Å². The van der Waals surface area contributed by atoms with Gasteiger partial charge in [0.15, 0.2) is 0 Å². The first-order chi connectivity index (χ1) is 17.3. The van der Waals surface area contributed by atoms with Crippen molar-refractivity contribution in [1.29, 1.82) is 0 Å². The Bertz CT molecular complexity index is 1360. The van der Waals surface area contributed by atoms with Crippen LogP contribution in [-0.4, -0.2) is 17.7 Å². The number of hydrogen-bond acceptors (Lipinski definition) is 2. The van der Waals surface area contributed by atoms with E-state index in [1.807, 2.05) is 78.9 Å². The van der Waals surface area contributed by atoms with Gasteiger partial charge in [-0.25, -0.2) is 0 Å². The van der Waals surface area contributed by atoms with Crippen LogP contribution in [0.1, 0.15) is 16.7 Å². The highest BCUT2D eigenvalue weighted by atomic mass is 19.4. The second-order valence-electron chi connectivity index (χ2n) is 8.21. The van der Waals surface area contributed by atoms with E-state index in [0.717, 1.165) is 45.5 Å². The highest BCUT2D eigenvalue weighted by Gasteiger charge is 2.29. The first kappa shape index (κ1) is 24.8. The number of hydrogen-bond donors (Lipinski definition) is 1. The van der Waals surface area contributed by atoms with Crippen molar-refractivity contribution in [3.63, 3.8) is 0 Å². The summed E-state index contributed by atoms with van der Waals surface area (Å²) in [4.78, 5) is 11.0. The second kappa shape index (κ2) is 11.0. The van der Waals surface area contributed by atoms with Crippen molar-refractivity contribution in [2.75, 3.05) is 6.61 Å². The van der Waals surface area contributed by atoms with Gasteiger partial charge in [-0.3, -0.25) is 4.79 Å². The van der Waals surface area contributed by atoms with Gasteiger partial charge in [0, 0.05) is 0 Å². The van der Waals surface area contributed by atoms with Gasteiger partial charge in [0.1, 0.15) is 12.4 Å². The lowest BCUT2D eigenvalue weighted by Gasteiger charge is -2.08. The largest absolute Gasteiger partial charge is 0.490 e. The molecule has 36 heavy (non-hydrogen) atoms. The van der Waals surface area contributed by atoms with E-state index < -0.39 is 17.7 Å². The van der Waals surface area contributed by atoms with E-state index in [1.54, 1.807) is 6.07 Å². The predicted octanol–water partition coefficient (Wildman–Crippen LogP) is 7.76. The number of carbonyl (C=O) groups is 1. The Labute approximate surface area is 207 Å². The number of ether oxygens (including phenoxy) is 1. The monoisotopic (exact) mass is 488 g/mol. The summed E-state index contributed by atoms with van der Waals surface area (Å²) in [5, 5.41) is 9.01. The van der Waals surface area contributed by atoms with Gasteiger partial charge in [0.25, 0.3) is 0 Å². The molecule has 0 bridgehead atoms. The van der Waals surface area contributed by atoms with Crippen LogP contribution in [0.15, 0.2) is 103 Å². The third-order valence-corrected chi connectivity index (χ3v) is 5.56. The van der Waals surface area contributed by atoms with E-state index in [1.165, 1.54) is 12.1 Å². The minimum atomic E-state index is -4.34. The van der Waals surface area contributed by atoms with E-state index in [4.69, 9.17) is 9.84 Å². The first-order valence-corrected chi connectivity index (χ1v) is 11.3. The number of carboxylic acid groups (broad SMARTS) is 1. The second-order valence-corrected chi connectivity index (χ2v) is 8.21. The highest BCUT2D eigenvalue weighted by Crippen LogP contribution is 2.31. The Morgan fingerprint density at radius 2 is 1.39 bits per heavy atom. The molecule has 0 aromatic heterocycles. The van der Waals surface area contributed by atoms with Crippen LogP contribution < -0.4 is 4.74 Å². The van der Waals surface area contributed by atoms with Crippen molar-refractivity contribution in [1.82, 2.24) is 0 Å². The number of carboxylic acids is 1. The molecule has 0 radical (unpaired) electrons. The fourth-order valence-electron chi connectivity index (χ4n) is 3.77. The Hall–Kier alpha value is -4.32. The van der Waals surface area contributed by atoms with Gasteiger partial charge in [0.2, 0.25) is 0 Å². The van der Waals surface area contributed by atoms with E-state index in [0.29, 0.717) is 12.4 Å². The van der Waals surface area contributed by atoms with Crippen molar-refractivity contribution >= 4 is 12.0 Å². The van der Waals surface area contributed by atoms with Crippen LogP contribution in [0.4, 0.5) is 13.2 Å². The minimum Gasteiger partial charge on any atom is -0.490 e. The smallest absolute Gasteiger partial charge is 0.416 e. The molecule has 182 valence electrons. The third kappa shape index (κ3) is 6.63. The Morgan fingerprint density at radius 1 is 0.778 bits per heavy atom. The van der Waals surface area contributed by atoms with Crippen LogP contribution >= 0.6 is 0 Å². The summed E-state index contributed by atoms with van der Waals surface area (Å²) < 4.78 is 44.1. The van der Waals surface area contributed by atoms with Crippen LogP contribution in [0, 0.1) is 0 Å². The summed E-state index contributed by atoms with van der Waals surface area (Å²) in [6, 6.07) is 27.7. The van der Waals surface area contributed by atoms with E-state index in [-0.39, 0.29) is 6.42 Å². The Balaban J connectivity index is 1.35. The third-order valence-electron chi connectivity index (χ3n) is 5.56. The van der Waals surface area contributed by atoms with Gasteiger partial charge in [-0.05, 0) is 63.7 Å². The van der Waals surface area contributed by atoms with Gasteiger partial charge in [-0.2, -0.15) is 13.2 Å². The Kier molecular flexibility index (Phi) is 7.54. The molecule has 6 heteroatoms. The molecule has 4 aromatic carbocycles. The summed E-state index contributed by atoms with van der Waals surface area (Å²) in [6.07, 6.45) is -0.577. The summed E-state index contributed by atoms with van der Waals surface area (Å²) in [5.41, 5.74) is 4.42. The summed E-state index contributed by atoms with van der Waals surface area (Å²) in [6.45, 7) is 0.350. The van der Waals surface area contributed by atoms with Gasteiger partial charge in [-0.1, -0.05) is 78.9 Å². The zero-order chi connectivity index (χ0) is 25.5. The molecule has 3 nitrogen and oxygen atoms in total. The molecular formula is C30H23F3O3. The molecule has 0 saturated heterocycles. The zero-order valence-corrected chi connectivity index (χ0v) is 19.2. The predicted molar refractivity (Wildman–Crippen MR) is 135 cm³/mol. The van der Waals surface area contributed by atoms with Crippen LogP contribution in [0.3, 0.4) is 0 Å². The maximum Gasteiger partial charge on any atom is 0.416 e. The molecule has 4 aromatic rings. The number of alkyl halides is 3. The molecule has 0 aliphatic heterocycles. The molecule has 0 aliphatic carbocycles. The minimum absolute atomic E-state index is 0.0276. The van der Waals surface area contributed by atoms with Crippen molar-refractivity contribution in [2.45, 2.75) is 12.6 Å². The van der Waals surface area contributed by atoms with Crippen LogP contribution in [0.25, 0.3) is 28.3 Å². The normalized spacial score (nSPS) is 11.5. The first-order valence-electron chi connectivity index (χ1n) is 11.3. The number of aliphatic carboxylic acids is 1. The molecular weight excluding hydrogens is 465 g/mol. The highest BCUT2D eigenvalue weighted by molar-refractivity contribution is 5.72. The molecule has 0 aliphatic rings. The molecule has 0 heterocycles. The van der Waals surface area contributed by atoms with Crippen molar-refractivity contribution in [3.8, 4) is 28.0 Å². The lowest BCUT2D eigenvalue weighted by molar-refractivity contribution is -0.138. The maximum atomic E-state index is 12.7. The lowest BCUT2D eigenvalue weighted by Crippen LogP contribution is -2.03. The van der Waals surface area contributed by atoms with E-state index in [9.17, 15) is 18.0 Å². The number of rotatable bonds is 8. The number of benzene rings is 4. The van der Waals surface area contributed by atoms with Gasteiger partial charge in [-0.15, -0.1) is 0 Å². The van der Waals surface area contributed by atoms with Crippen LogP contribution in [0.2, 0.25) is 0 Å². The average Bonchev–Trinajstić information content (AvgIpc) is 2.87. The fraction of sp³-hybridized carbons (Fsp3) is 0.100. The molecule has 0 atom stereocenters. The SMILES string of the molecule is O=C(O)Cc1cccc(-c2cccc(OC/C=C/c3ccc(-c4ccc(C(F)(F)F)cc4)cc3)c2)c1. The average molecular weight is 489 g/mol. The molecule has 4 rings (SSSR count). The quantitative estimate of drug-likeness (QED) is 0.276. The molecule has 0 saturated carbocycles. The summed E-state index contributed by atoms with van der Waals surface area (Å²) in [5.74, 6) is -0.177. The van der Waals surface area contributed by atoms with E-state index >= 15 is 0 Å². The number of halogens is 3. The molecule has 1 N–H and O–H groups in total. The topological polar surface area (TPSA) is 46.5 Å². The maximum absolute atomic E-state index is 12.7. The van der Waals surface area contributed by atoms with Crippen molar-refractivity contribution in [3.05, 3.63) is 120 Å². The van der Waals surface area contributed by atoms with Crippen LogP contribution in [0.5, 0.6) is 5.75 Å². The molecule has 0 unspecified atom stereocenters. The standard InChI is InChI=1S/C30H23F3O3/c31-30(32,33)27-15-13-24(14-16-27)23-11-9-21(10-12-23)5-3-17-36-28-8-2-7-26(20-28)25-6-1-4-22(18-25)19-29(34)35/h1-16,18,20H,17,19H2,(H,34,35)/b5-3+.